The molecule has 0 atom stereocenters. The smallest absolute Gasteiger partial charge is 0.283 e. The Morgan fingerprint density at radius 1 is 1.11 bits per heavy atom. The van der Waals surface area contributed by atoms with E-state index in [1.54, 1.807) is 12.1 Å². The van der Waals surface area contributed by atoms with Crippen LogP contribution in [0.2, 0.25) is 0 Å². The highest BCUT2D eigenvalue weighted by Crippen LogP contribution is 2.26. The van der Waals surface area contributed by atoms with E-state index in [0.29, 0.717) is 11.0 Å². The van der Waals surface area contributed by atoms with Crippen LogP contribution in [0.25, 0.3) is 0 Å². The van der Waals surface area contributed by atoms with Crippen molar-refractivity contribution in [3.05, 3.63) is 67.1 Å². The molecule has 0 radical (unpaired) electrons. The number of hydrogen-bond acceptors (Lipinski definition) is 3. The van der Waals surface area contributed by atoms with Crippen LogP contribution >= 0.6 is 31.9 Å². The molecule has 0 spiro atoms. The van der Waals surface area contributed by atoms with Gasteiger partial charge in [0.1, 0.15) is 0 Å². The van der Waals surface area contributed by atoms with Gasteiger partial charge in [0, 0.05) is 22.8 Å². The van der Waals surface area contributed by atoms with Crippen LogP contribution in [-0.4, -0.2) is 4.92 Å². The molecule has 0 aliphatic carbocycles. The molecule has 0 bridgehead atoms. The SMILES string of the molecule is O=[N+]([O-])c1cc(CNc2ccc(Br)cc2)ccc1Br. The minimum atomic E-state index is -0.396. The molecule has 0 unspecified atom stereocenters. The lowest BCUT2D eigenvalue weighted by atomic mass is 10.2. The van der Waals surface area contributed by atoms with E-state index < -0.39 is 4.92 Å². The highest BCUT2D eigenvalue weighted by Gasteiger charge is 2.11. The van der Waals surface area contributed by atoms with Gasteiger partial charge in [0.2, 0.25) is 0 Å². The predicted octanol–water partition coefficient (Wildman–Crippen LogP) is 4.73. The van der Waals surface area contributed by atoms with Crippen LogP contribution < -0.4 is 5.32 Å². The maximum absolute atomic E-state index is 10.8. The van der Waals surface area contributed by atoms with Gasteiger partial charge in [0.15, 0.2) is 0 Å². The third kappa shape index (κ3) is 3.78. The Hall–Kier alpha value is -1.40. The third-order valence-electron chi connectivity index (χ3n) is 2.55. The average Bonchev–Trinajstić information content (AvgIpc) is 2.39. The number of nitro groups is 1. The average molecular weight is 386 g/mol. The van der Waals surface area contributed by atoms with E-state index in [-0.39, 0.29) is 5.69 Å². The van der Waals surface area contributed by atoms with E-state index in [1.807, 2.05) is 30.3 Å². The summed E-state index contributed by atoms with van der Waals surface area (Å²) in [4.78, 5) is 10.4. The maximum Gasteiger partial charge on any atom is 0.283 e. The summed E-state index contributed by atoms with van der Waals surface area (Å²) in [7, 11) is 0. The van der Waals surface area contributed by atoms with Crippen molar-refractivity contribution in [3.8, 4) is 0 Å². The Morgan fingerprint density at radius 2 is 1.79 bits per heavy atom. The number of nitro benzene ring substituents is 1. The molecular formula is C13H10Br2N2O2. The van der Waals surface area contributed by atoms with Crippen molar-refractivity contribution in [2.45, 2.75) is 6.54 Å². The van der Waals surface area contributed by atoms with Crippen molar-refractivity contribution in [2.75, 3.05) is 5.32 Å². The molecule has 2 aromatic rings. The zero-order valence-electron chi connectivity index (χ0n) is 9.77. The van der Waals surface area contributed by atoms with Crippen molar-refractivity contribution in [3.63, 3.8) is 0 Å². The molecule has 0 heterocycles. The Labute approximate surface area is 127 Å². The van der Waals surface area contributed by atoms with Gasteiger partial charge in [-0.05, 0) is 51.8 Å². The van der Waals surface area contributed by atoms with Gasteiger partial charge >= 0.3 is 0 Å². The van der Waals surface area contributed by atoms with E-state index in [4.69, 9.17) is 0 Å². The van der Waals surface area contributed by atoms with E-state index in [1.165, 1.54) is 0 Å². The van der Waals surface area contributed by atoms with Crippen LogP contribution in [-0.2, 0) is 6.54 Å². The van der Waals surface area contributed by atoms with Crippen molar-refractivity contribution < 1.29 is 4.92 Å². The van der Waals surface area contributed by atoms with Gasteiger partial charge in [0.05, 0.1) is 9.40 Å². The molecule has 19 heavy (non-hydrogen) atoms. The normalized spacial score (nSPS) is 10.2. The first-order valence-corrected chi connectivity index (χ1v) is 7.07. The molecule has 2 aromatic carbocycles. The molecule has 6 heteroatoms. The topological polar surface area (TPSA) is 55.2 Å². The third-order valence-corrected chi connectivity index (χ3v) is 3.75. The first kappa shape index (κ1) is 14.0. The molecule has 1 N–H and O–H groups in total. The summed E-state index contributed by atoms with van der Waals surface area (Å²) in [6.45, 7) is 0.537. The van der Waals surface area contributed by atoms with E-state index >= 15 is 0 Å². The van der Waals surface area contributed by atoms with E-state index in [2.05, 4.69) is 37.2 Å². The van der Waals surface area contributed by atoms with Crippen LogP contribution in [0.4, 0.5) is 11.4 Å². The molecule has 0 amide bonds. The molecule has 0 saturated heterocycles. The fourth-order valence-electron chi connectivity index (χ4n) is 1.58. The van der Waals surface area contributed by atoms with Gasteiger partial charge in [-0.3, -0.25) is 10.1 Å². The number of benzene rings is 2. The van der Waals surface area contributed by atoms with E-state index in [0.717, 1.165) is 15.7 Å². The minimum Gasteiger partial charge on any atom is -0.381 e. The highest BCUT2D eigenvalue weighted by molar-refractivity contribution is 9.10. The molecule has 0 aliphatic rings. The number of anilines is 1. The molecule has 0 fully saturated rings. The lowest BCUT2D eigenvalue weighted by Crippen LogP contribution is -2.00. The number of nitrogens with one attached hydrogen (secondary N) is 1. The van der Waals surface area contributed by atoms with Crippen LogP contribution in [0.3, 0.4) is 0 Å². The second-order valence-electron chi connectivity index (χ2n) is 3.90. The van der Waals surface area contributed by atoms with Gasteiger partial charge in [0.25, 0.3) is 5.69 Å². The molecule has 0 saturated carbocycles. The zero-order valence-corrected chi connectivity index (χ0v) is 12.9. The van der Waals surface area contributed by atoms with Crippen LogP contribution in [0.5, 0.6) is 0 Å². The number of hydrogen-bond donors (Lipinski definition) is 1. The Kier molecular flexibility index (Phi) is 4.55. The fourth-order valence-corrected chi connectivity index (χ4v) is 2.24. The van der Waals surface area contributed by atoms with Gasteiger partial charge < -0.3 is 5.32 Å². The summed E-state index contributed by atoms with van der Waals surface area (Å²) in [6.07, 6.45) is 0. The monoisotopic (exact) mass is 384 g/mol. The van der Waals surface area contributed by atoms with Crippen LogP contribution in [0, 0.1) is 10.1 Å². The van der Waals surface area contributed by atoms with E-state index in [9.17, 15) is 10.1 Å². The highest BCUT2D eigenvalue weighted by atomic mass is 79.9. The zero-order chi connectivity index (χ0) is 13.8. The molecule has 0 aromatic heterocycles. The van der Waals surface area contributed by atoms with Crippen molar-refractivity contribution >= 4 is 43.2 Å². The maximum atomic E-state index is 10.8. The molecular weight excluding hydrogens is 376 g/mol. The predicted molar refractivity (Wildman–Crippen MR) is 82.3 cm³/mol. The van der Waals surface area contributed by atoms with Gasteiger partial charge in [-0.25, -0.2) is 0 Å². The summed E-state index contributed by atoms with van der Waals surface area (Å²) in [5.74, 6) is 0. The summed E-state index contributed by atoms with van der Waals surface area (Å²) in [6, 6.07) is 12.9. The number of halogens is 2. The number of rotatable bonds is 4. The summed E-state index contributed by atoms with van der Waals surface area (Å²) >= 11 is 6.53. The van der Waals surface area contributed by atoms with Gasteiger partial charge in [-0.15, -0.1) is 0 Å². The number of nitrogens with zero attached hydrogens (tertiary/aromatic N) is 1. The van der Waals surface area contributed by atoms with Crippen molar-refractivity contribution in [1.82, 2.24) is 0 Å². The second kappa shape index (κ2) is 6.16. The lowest BCUT2D eigenvalue weighted by Gasteiger charge is -2.07. The summed E-state index contributed by atoms with van der Waals surface area (Å²) in [5, 5.41) is 14.1. The van der Waals surface area contributed by atoms with Gasteiger partial charge in [-0.2, -0.15) is 0 Å². The molecule has 4 nitrogen and oxygen atoms in total. The first-order chi connectivity index (χ1) is 9.06. The lowest BCUT2D eigenvalue weighted by molar-refractivity contribution is -0.385. The Balaban J connectivity index is 2.09. The Morgan fingerprint density at radius 3 is 2.42 bits per heavy atom. The largest absolute Gasteiger partial charge is 0.381 e. The molecule has 2 rings (SSSR count). The van der Waals surface area contributed by atoms with Crippen LogP contribution in [0.1, 0.15) is 5.56 Å². The molecule has 98 valence electrons. The summed E-state index contributed by atoms with van der Waals surface area (Å²) in [5.41, 5.74) is 1.90. The summed E-state index contributed by atoms with van der Waals surface area (Å²) < 4.78 is 1.50. The van der Waals surface area contributed by atoms with Gasteiger partial charge in [-0.1, -0.05) is 22.0 Å². The minimum absolute atomic E-state index is 0.0788. The van der Waals surface area contributed by atoms with Crippen molar-refractivity contribution in [2.24, 2.45) is 0 Å². The standard InChI is InChI=1S/C13H10Br2N2O2/c14-10-2-4-11(5-3-10)16-8-9-1-6-12(15)13(7-9)17(18)19/h1-7,16H,8H2. The fraction of sp³-hybridized carbons (Fsp3) is 0.0769. The van der Waals surface area contributed by atoms with Crippen LogP contribution in [0.15, 0.2) is 51.4 Å². The molecule has 0 aliphatic heterocycles. The first-order valence-electron chi connectivity index (χ1n) is 5.48. The van der Waals surface area contributed by atoms with Crippen molar-refractivity contribution in [1.29, 1.82) is 0 Å². The Bertz CT molecular complexity index is 600. The second-order valence-corrected chi connectivity index (χ2v) is 5.67. The quantitative estimate of drug-likeness (QED) is 0.611.